The highest BCUT2D eigenvalue weighted by molar-refractivity contribution is 5.98. The molecular weight excluding hydrogens is 961 g/mol. The number of aliphatic hydroxyl groups excluding tert-OH is 2. The molecule has 3 aromatic carbocycles. The molecule has 2 saturated heterocycles. The summed E-state index contributed by atoms with van der Waals surface area (Å²) in [5.74, 6) is 2.61. The van der Waals surface area contributed by atoms with Crippen LogP contribution in [0.5, 0.6) is 0 Å². The maximum absolute atomic E-state index is 12.6. The summed E-state index contributed by atoms with van der Waals surface area (Å²) in [7, 11) is 0. The van der Waals surface area contributed by atoms with E-state index in [0.717, 1.165) is 114 Å². The van der Waals surface area contributed by atoms with E-state index in [-0.39, 0.29) is 18.6 Å². The molecule has 2 aliphatic heterocycles. The third-order valence-electron chi connectivity index (χ3n) is 14.0. The fourth-order valence-electron chi connectivity index (χ4n) is 10.6. The third-order valence-corrected chi connectivity index (χ3v) is 14.0. The third kappa shape index (κ3) is 11.3. The van der Waals surface area contributed by atoms with Crippen molar-refractivity contribution in [2.75, 3.05) is 36.8 Å². The van der Waals surface area contributed by atoms with Crippen LogP contribution in [-0.4, -0.2) is 122 Å². The number of nitrogens with one attached hydrogen (secondary N) is 4. The molecule has 0 bridgehead atoms. The van der Waals surface area contributed by atoms with E-state index < -0.39 is 23.9 Å². The summed E-state index contributed by atoms with van der Waals surface area (Å²) in [6.07, 6.45) is 7.24. The summed E-state index contributed by atoms with van der Waals surface area (Å²) >= 11 is 0. The van der Waals surface area contributed by atoms with Gasteiger partial charge in [-0.25, -0.2) is 24.7 Å². The van der Waals surface area contributed by atoms with Gasteiger partial charge in [0.1, 0.15) is 17.1 Å². The van der Waals surface area contributed by atoms with Gasteiger partial charge >= 0.3 is 6.09 Å². The highest BCUT2D eigenvalue weighted by atomic mass is 16.6. The lowest BCUT2D eigenvalue weighted by Crippen LogP contribution is -2.52. The monoisotopic (exact) mass is 1030 g/mol. The zero-order valence-electron chi connectivity index (χ0n) is 44.5. The topological polar surface area (TPSA) is 232 Å². The molecule has 0 aliphatic carbocycles. The van der Waals surface area contributed by atoms with E-state index in [4.69, 9.17) is 23.8 Å². The fourth-order valence-corrected chi connectivity index (χ4v) is 10.6. The van der Waals surface area contributed by atoms with Crippen LogP contribution in [-0.2, 0) is 11.3 Å². The van der Waals surface area contributed by atoms with Crippen LogP contribution in [0.3, 0.4) is 0 Å². The molecule has 0 saturated carbocycles. The van der Waals surface area contributed by atoms with Crippen molar-refractivity contribution >= 4 is 39.8 Å². The first-order valence-electron chi connectivity index (χ1n) is 25.8. The highest BCUT2D eigenvalue weighted by Gasteiger charge is 2.33. The van der Waals surface area contributed by atoms with E-state index in [2.05, 4.69) is 106 Å². The number of rotatable bonds is 10. The molecule has 6 aromatic heterocycles. The number of carbonyl (C=O) groups excluding carboxylic acids is 1. The number of hydrogen-bond acceptors (Lipinski definition) is 15. The van der Waals surface area contributed by atoms with Crippen LogP contribution in [0, 0.1) is 41.5 Å². The second-order valence-electron chi connectivity index (χ2n) is 21.3. The first-order valence-corrected chi connectivity index (χ1v) is 25.8. The molecule has 2 fully saturated rings. The van der Waals surface area contributed by atoms with Crippen molar-refractivity contribution in [2.24, 2.45) is 0 Å². The lowest BCUT2D eigenvalue weighted by Gasteiger charge is -2.36. The van der Waals surface area contributed by atoms with Crippen molar-refractivity contribution in [1.29, 1.82) is 0 Å². The number of carbonyl (C=O) groups is 1. The smallest absolute Gasteiger partial charge is 0.410 e. The van der Waals surface area contributed by atoms with Gasteiger partial charge in [-0.05, 0) is 115 Å². The van der Waals surface area contributed by atoms with Crippen molar-refractivity contribution in [3.8, 4) is 44.8 Å². The van der Waals surface area contributed by atoms with Crippen molar-refractivity contribution in [2.45, 2.75) is 112 Å². The summed E-state index contributed by atoms with van der Waals surface area (Å²) in [4.78, 5) is 42.0. The number of aryl methyl sites for hydroxylation is 6. The minimum absolute atomic E-state index is 0.0543. The van der Waals surface area contributed by atoms with E-state index >= 15 is 0 Å². The van der Waals surface area contributed by atoms with Gasteiger partial charge in [-0.15, -0.1) is 0 Å². The van der Waals surface area contributed by atoms with Gasteiger partial charge in [-0.2, -0.15) is 0 Å². The Labute approximate surface area is 441 Å². The summed E-state index contributed by atoms with van der Waals surface area (Å²) in [6.45, 7) is 20.1. The van der Waals surface area contributed by atoms with Crippen molar-refractivity contribution in [1.82, 2.24) is 50.0 Å². The van der Waals surface area contributed by atoms with Crippen LogP contribution < -0.4 is 10.6 Å². The largest absolute Gasteiger partial charge is 0.444 e. The Morgan fingerprint density at radius 2 is 1.18 bits per heavy atom. The lowest BCUT2D eigenvalue weighted by molar-refractivity contribution is 0.00175. The number of piperidine rings is 2. The second kappa shape index (κ2) is 21.4. The van der Waals surface area contributed by atoms with Crippen LogP contribution in [0.15, 0.2) is 101 Å². The van der Waals surface area contributed by atoms with Crippen LogP contribution >= 0.6 is 0 Å². The molecule has 0 radical (unpaired) electrons. The van der Waals surface area contributed by atoms with Gasteiger partial charge in [-0.3, -0.25) is 4.90 Å². The molecule has 18 nitrogen and oxygen atoms in total. The Morgan fingerprint density at radius 1 is 0.684 bits per heavy atom. The molecule has 4 atom stereocenters. The number of ether oxygens (including phenoxy) is 1. The number of benzene rings is 3. The molecule has 11 rings (SSSR count). The average molecular weight is 1030 g/mol. The van der Waals surface area contributed by atoms with E-state index in [0.29, 0.717) is 37.8 Å². The zero-order chi connectivity index (χ0) is 53.4. The number of likely N-dealkylation sites (tertiary alicyclic amines) is 2. The van der Waals surface area contributed by atoms with Gasteiger partial charge in [-0.1, -0.05) is 64.9 Å². The minimum atomic E-state index is -0.667. The molecule has 394 valence electrons. The first-order chi connectivity index (χ1) is 36.4. The Bertz CT molecular complexity index is 3480. The quantitative estimate of drug-likeness (QED) is 0.0748. The number of hydrogen-bond donors (Lipinski definition) is 6. The van der Waals surface area contributed by atoms with Crippen LogP contribution in [0.25, 0.3) is 66.6 Å². The van der Waals surface area contributed by atoms with Crippen molar-refractivity contribution in [3.05, 3.63) is 131 Å². The second-order valence-corrected chi connectivity index (χ2v) is 21.3. The number of anilines is 2. The molecule has 6 N–H and O–H groups in total. The Hall–Kier alpha value is -7.93. The van der Waals surface area contributed by atoms with E-state index in [9.17, 15) is 15.0 Å². The van der Waals surface area contributed by atoms with Gasteiger partial charge in [0.2, 0.25) is 11.9 Å². The number of amides is 1. The zero-order valence-corrected chi connectivity index (χ0v) is 44.5. The molecule has 1 amide bonds. The summed E-state index contributed by atoms with van der Waals surface area (Å²) in [5, 5.41) is 38.1. The van der Waals surface area contributed by atoms with Crippen LogP contribution in [0.1, 0.15) is 73.2 Å². The standard InChI is InChI=1S/C30H32N6O2.C28H34N6O4/c1-18-13-32-30(33-23-12-24(37)17-36(16-23)15-21-7-5-4-6-8-21)34-29(18)26-14-31-27-11-22(9-10-25(26)27)28-19(2)35-38-20(28)3;1-15-11-30-26(31-19-10-20(35)14-34(13-19)27(36)37-28(4,5)6)32-25(15)22-12-29-23-9-18(7-8-21(22)23)24-16(2)33-38-17(24)3/h4-11,13-14,23-24,31,37H,12,15-17H2,1-3H3,(H,32,33,34);7-9,11-12,19-20,29,35H,10,13-14H2,1-6H3,(H,30,31,32)/t23-,24+;19-,20+/m00/s1. The van der Waals surface area contributed by atoms with E-state index in [1.165, 1.54) is 10.5 Å². The number of aromatic nitrogens is 8. The van der Waals surface area contributed by atoms with Gasteiger partial charge in [0.05, 0.1) is 41.5 Å². The maximum atomic E-state index is 12.6. The number of β-amino-alcohol motifs (C(OH)–C–C–N with tert-alkyl or cyclic N) is 2. The number of nitrogens with zero attached hydrogens (tertiary/aromatic N) is 8. The van der Waals surface area contributed by atoms with Crippen LogP contribution in [0.4, 0.5) is 16.7 Å². The van der Waals surface area contributed by atoms with E-state index in [1.54, 1.807) is 6.20 Å². The fraction of sp³-hybridized carbons (Fsp3) is 0.362. The Morgan fingerprint density at radius 3 is 1.67 bits per heavy atom. The van der Waals surface area contributed by atoms with Gasteiger partial charge in [0.15, 0.2) is 0 Å². The first kappa shape index (κ1) is 51.6. The molecule has 18 heteroatoms. The number of aromatic amines is 2. The van der Waals surface area contributed by atoms with Crippen molar-refractivity contribution < 1.29 is 28.8 Å². The SMILES string of the molecule is Cc1cnc(N[C@H]2C[C@@H](O)CN(C(=O)OC(C)(C)C)C2)nc1-c1c[nH]c2cc(-c3c(C)noc3C)ccc12.Cc1cnc(N[C@H]2C[C@@H](O)CN(Cc3ccccc3)C2)nc1-c1c[nH]c2cc(-c3c(C)noc3C)ccc12. The molecular formula is C58H66N12O6. The highest BCUT2D eigenvalue weighted by Crippen LogP contribution is 2.37. The Kier molecular flexibility index (Phi) is 14.5. The van der Waals surface area contributed by atoms with Crippen LogP contribution in [0.2, 0.25) is 0 Å². The number of aliphatic hydroxyl groups is 2. The normalized spacial score (nSPS) is 18.2. The molecule has 2 aliphatic rings. The van der Waals surface area contributed by atoms with Gasteiger partial charge in [0.25, 0.3) is 0 Å². The predicted molar refractivity (Wildman–Crippen MR) is 294 cm³/mol. The average Bonchev–Trinajstić information content (AvgIpc) is 4.18. The minimum Gasteiger partial charge on any atom is -0.444 e. The molecule has 8 heterocycles. The number of fused-ring (bicyclic) bond motifs is 2. The van der Waals surface area contributed by atoms with Gasteiger partial charge < -0.3 is 49.5 Å². The molecule has 0 unspecified atom stereocenters. The lowest BCUT2D eigenvalue weighted by atomic mass is 10.0. The summed E-state index contributed by atoms with van der Waals surface area (Å²) in [5.41, 5.74) is 14.1. The van der Waals surface area contributed by atoms with Gasteiger partial charge in [0, 0.05) is 107 Å². The summed E-state index contributed by atoms with van der Waals surface area (Å²) < 4.78 is 16.2. The summed E-state index contributed by atoms with van der Waals surface area (Å²) in [6, 6.07) is 22.8. The van der Waals surface area contributed by atoms with E-state index in [1.807, 2.05) is 87.0 Å². The Balaban J connectivity index is 0.000000173. The maximum Gasteiger partial charge on any atom is 0.410 e. The number of H-pyrrole nitrogens is 2. The molecule has 0 spiro atoms. The molecule has 76 heavy (non-hydrogen) atoms. The predicted octanol–water partition coefficient (Wildman–Crippen LogP) is 10.2. The molecule has 9 aromatic rings. The van der Waals surface area contributed by atoms with Crippen molar-refractivity contribution in [3.63, 3.8) is 0 Å².